The molecular weight excluding hydrogens is 348 g/mol. The summed E-state index contributed by atoms with van der Waals surface area (Å²) < 4.78 is 11.0. The van der Waals surface area contributed by atoms with Gasteiger partial charge in [-0.15, -0.1) is 0 Å². The Bertz CT molecular complexity index is 913. The standard InChI is InChI=1S/C22H17ClO3/c1-25-19-11-13-20(14-12-19)26-21-4-2-3-17(15-21)6-5-16-7-9-18(10-8-16)22(23)24/h2-15H,1H3. The van der Waals surface area contributed by atoms with E-state index in [4.69, 9.17) is 21.1 Å². The van der Waals surface area contributed by atoms with Crippen molar-refractivity contribution in [2.24, 2.45) is 0 Å². The molecule has 0 heterocycles. The molecule has 3 aromatic rings. The summed E-state index contributed by atoms with van der Waals surface area (Å²) in [6, 6.07) is 22.3. The molecule has 0 bridgehead atoms. The first-order chi connectivity index (χ1) is 12.6. The Kier molecular flexibility index (Phi) is 5.72. The number of rotatable bonds is 6. The highest BCUT2D eigenvalue weighted by Crippen LogP contribution is 2.25. The van der Waals surface area contributed by atoms with Crippen molar-refractivity contribution in [3.05, 3.63) is 89.5 Å². The lowest BCUT2D eigenvalue weighted by Crippen LogP contribution is -1.87. The molecule has 0 saturated heterocycles. The van der Waals surface area contributed by atoms with E-state index in [2.05, 4.69) is 0 Å². The lowest BCUT2D eigenvalue weighted by Gasteiger charge is -2.07. The fourth-order valence-electron chi connectivity index (χ4n) is 2.38. The Labute approximate surface area is 157 Å². The first kappa shape index (κ1) is 17.8. The number of benzene rings is 3. The zero-order valence-electron chi connectivity index (χ0n) is 14.2. The lowest BCUT2D eigenvalue weighted by molar-refractivity contribution is 0.108. The third-order valence-electron chi connectivity index (χ3n) is 3.76. The molecule has 0 spiro atoms. The second kappa shape index (κ2) is 8.37. The molecule has 0 aromatic heterocycles. The fraction of sp³-hybridized carbons (Fsp3) is 0.0455. The zero-order chi connectivity index (χ0) is 18.4. The molecular formula is C22H17ClO3. The summed E-state index contributed by atoms with van der Waals surface area (Å²) in [5.41, 5.74) is 2.47. The van der Waals surface area contributed by atoms with Gasteiger partial charge in [0.05, 0.1) is 7.11 Å². The summed E-state index contributed by atoms with van der Waals surface area (Å²) in [4.78, 5) is 11.1. The molecule has 3 aromatic carbocycles. The van der Waals surface area contributed by atoms with Crippen LogP contribution in [0.5, 0.6) is 17.2 Å². The third kappa shape index (κ3) is 4.74. The van der Waals surface area contributed by atoms with Crippen LogP contribution in [-0.2, 0) is 0 Å². The molecule has 130 valence electrons. The number of halogens is 1. The second-order valence-electron chi connectivity index (χ2n) is 5.58. The van der Waals surface area contributed by atoms with E-state index in [0.717, 1.165) is 28.4 Å². The topological polar surface area (TPSA) is 35.5 Å². The highest BCUT2D eigenvalue weighted by molar-refractivity contribution is 6.67. The molecule has 0 aliphatic carbocycles. The highest BCUT2D eigenvalue weighted by Gasteiger charge is 2.01. The monoisotopic (exact) mass is 364 g/mol. The number of carbonyl (C=O) groups is 1. The molecule has 0 unspecified atom stereocenters. The molecule has 0 amide bonds. The molecule has 0 aliphatic rings. The minimum Gasteiger partial charge on any atom is -0.497 e. The summed E-state index contributed by atoms with van der Waals surface area (Å²) in [7, 11) is 1.63. The smallest absolute Gasteiger partial charge is 0.252 e. The predicted molar refractivity (Wildman–Crippen MR) is 105 cm³/mol. The van der Waals surface area contributed by atoms with Crippen LogP contribution in [0.1, 0.15) is 21.5 Å². The van der Waals surface area contributed by atoms with Crippen LogP contribution >= 0.6 is 11.6 Å². The van der Waals surface area contributed by atoms with Gasteiger partial charge in [0.15, 0.2) is 0 Å². The Morgan fingerprint density at radius 2 is 1.46 bits per heavy atom. The van der Waals surface area contributed by atoms with Crippen molar-refractivity contribution in [1.29, 1.82) is 0 Å². The summed E-state index contributed by atoms with van der Waals surface area (Å²) in [5, 5.41) is -0.455. The van der Waals surface area contributed by atoms with Crippen molar-refractivity contribution >= 4 is 29.0 Å². The Hall–Kier alpha value is -3.04. The Morgan fingerprint density at radius 3 is 2.12 bits per heavy atom. The molecule has 3 rings (SSSR count). The zero-order valence-corrected chi connectivity index (χ0v) is 14.9. The van der Waals surface area contributed by atoms with Crippen molar-refractivity contribution in [1.82, 2.24) is 0 Å². The lowest BCUT2D eigenvalue weighted by atomic mass is 10.1. The van der Waals surface area contributed by atoms with Gasteiger partial charge < -0.3 is 9.47 Å². The Morgan fingerprint density at radius 1 is 0.808 bits per heavy atom. The SMILES string of the molecule is COc1ccc(Oc2cccc(C=Cc3ccc(C(=O)Cl)cc3)c2)cc1. The minimum absolute atomic E-state index is 0.455. The molecule has 3 nitrogen and oxygen atoms in total. The van der Waals surface area contributed by atoms with Gasteiger partial charge in [-0.1, -0.05) is 36.4 Å². The number of ether oxygens (including phenoxy) is 2. The van der Waals surface area contributed by atoms with Gasteiger partial charge in [-0.3, -0.25) is 4.79 Å². The second-order valence-corrected chi connectivity index (χ2v) is 5.92. The van der Waals surface area contributed by atoms with Crippen LogP contribution in [-0.4, -0.2) is 12.4 Å². The predicted octanol–water partition coefficient (Wildman–Crippen LogP) is 6.04. The summed E-state index contributed by atoms with van der Waals surface area (Å²) in [6.07, 6.45) is 3.95. The summed E-state index contributed by atoms with van der Waals surface area (Å²) in [6.45, 7) is 0. The molecule has 26 heavy (non-hydrogen) atoms. The van der Waals surface area contributed by atoms with Gasteiger partial charge >= 0.3 is 0 Å². The van der Waals surface area contributed by atoms with Crippen molar-refractivity contribution in [3.8, 4) is 17.2 Å². The molecule has 0 atom stereocenters. The van der Waals surface area contributed by atoms with Crippen LogP contribution in [0.15, 0.2) is 72.8 Å². The summed E-state index contributed by atoms with van der Waals surface area (Å²) in [5.74, 6) is 2.28. The molecule has 0 saturated carbocycles. The van der Waals surface area contributed by atoms with Gasteiger partial charge in [-0.25, -0.2) is 0 Å². The van der Waals surface area contributed by atoms with E-state index in [1.165, 1.54) is 0 Å². The van der Waals surface area contributed by atoms with Gasteiger partial charge in [0.25, 0.3) is 5.24 Å². The number of hydrogen-bond donors (Lipinski definition) is 0. The molecule has 0 radical (unpaired) electrons. The van der Waals surface area contributed by atoms with E-state index in [1.807, 2.05) is 72.8 Å². The average Bonchev–Trinajstić information content (AvgIpc) is 2.67. The van der Waals surface area contributed by atoms with Gasteiger partial charge in [-0.05, 0) is 71.3 Å². The molecule has 4 heteroatoms. The van der Waals surface area contributed by atoms with Crippen LogP contribution in [0.2, 0.25) is 0 Å². The maximum absolute atomic E-state index is 11.1. The van der Waals surface area contributed by atoms with Gasteiger partial charge in [0.2, 0.25) is 0 Å². The van der Waals surface area contributed by atoms with Gasteiger partial charge in [0.1, 0.15) is 17.2 Å². The number of carbonyl (C=O) groups excluding carboxylic acids is 1. The van der Waals surface area contributed by atoms with E-state index in [-0.39, 0.29) is 0 Å². The van der Waals surface area contributed by atoms with Crippen LogP contribution in [0.3, 0.4) is 0 Å². The Balaban J connectivity index is 1.70. The van der Waals surface area contributed by atoms with Gasteiger partial charge in [-0.2, -0.15) is 0 Å². The summed E-state index contributed by atoms with van der Waals surface area (Å²) >= 11 is 5.45. The van der Waals surface area contributed by atoms with Crippen LogP contribution in [0.4, 0.5) is 0 Å². The van der Waals surface area contributed by atoms with E-state index in [1.54, 1.807) is 19.2 Å². The van der Waals surface area contributed by atoms with Crippen LogP contribution < -0.4 is 9.47 Å². The average molecular weight is 365 g/mol. The van der Waals surface area contributed by atoms with E-state index in [9.17, 15) is 4.79 Å². The number of methoxy groups -OCH3 is 1. The largest absolute Gasteiger partial charge is 0.497 e. The molecule has 0 N–H and O–H groups in total. The van der Waals surface area contributed by atoms with E-state index in [0.29, 0.717) is 5.56 Å². The van der Waals surface area contributed by atoms with Crippen molar-refractivity contribution < 1.29 is 14.3 Å². The van der Waals surface area contributed by atoms with Crippen molar-refractivity contribution in [3.63, 3.8) is 0 Å². The van der Waals surface area contributed by atoms with E-state index < -0.39 is 5.24 Å². The van der Waals surface area contributed by atoms with Crippen molar-refractivity contribution in [2.45, 2.75) is 0 Å². The first-order valence-corrected chi connectivity index (χ1v) is 8.42. The maximum atomic E-state index is 11.1. The van der Waals surface area contributed by atoms with Crippen LogP contribution in [0.25, 0.3) is 12.2 Å². The minimum atomic E-state index is -0.455. The van der Waals surface area contributed by atoms with Crippen LogP contribution in [0, 0.1) is 0 Å². The first-order valence-electron chi connectivity index (χ1n) is 8.04. The van der Waals surface area contributed by atoms with Crippen molar-refractivity contribution in [2.75, 3.05) is 7.11 Å². The maximum Gasteiger partial charge on any atom is 0.252 e. The normalized spacial score (nSPS) is 10.7. The highest BCUT2D eigenvalue weighted by atomic mass is 35.5. The van der Waals surface area contributed by atoms with E-state index >= 15 is 0 Å². The molecule has 0 aliphatic heterocycles. The van der Waals surface area contributed by atoms with Gasteiger partial charge in [0, 0.05) is 5.56 Å². The molecule has 0 fully saturated rings. The fourth-order valence-corrected chi connectivity index (χ4v) is 2.51. The number of hydrogen-bond acceptors (Lipinski definition) is 3. The third-order valence-corrected chi connectivity index (χ3v) is 3.98. The quantitative estimate of drug-likeness (QED) is 0.395.